The number of methoxy groups -OCH3 is 1. The third-order valence-corrected chi connectivity index (χ3v) is 3.90. The molecular formula is C19H31FN4O2. The van der Waals surface area contributed by atoms with Crippen molar-refractivity contribution in [3.63, 3.8) is 0 Å². The highest BCUT2D eigenvalue weighted by Crippen LogP contribution is 2.30. The second kappa shape index (κ2) is 10.8. The lowest BCUT2D eigenvalue weighted by Gasteiger charge is -2.30. The summed E-state index contributed by atoms with van der Waals surface area (Å²) in [7, 11) is 3.62. The first kappa shape index (κ1) is 21.9. The van der Waals surface area contributed by atoms with E-state index in [4.69, 9.17) is 9.15 Å². The van der Waals surface area contributed by atoms with Crippen LogP contribution in [0.3, 0.4) is 0 Å². The van der Waals surface area contributed by atoms with Crippen molar-refractivity contribution in [3.8, 4) is 17.2 Å². The molecule has 1 aromatic carbocycles. The van der Waals surface area contributed by atoms with Gasteiger partial charge in [-0.1, -0.05) is 32.8 Å². The predicted molar refractivity (Wildman–Crippen MR) is 103 cm³/mol. The molecule has 0 unspecified atom stereocenters. The second-order valence-electron chi connectivity index (χ2n) is 5.48. The Morgan fingerprint density at radius 1 is 1.04 bits per heavy atom. The Hall–Kier alpha value is -2.15. The molecule has 7 heteroatoms. The third kappa shape index (κ3) is 5.17. The summed E-state index contributed by atoms with van der Waals surface area (Å²) in [5.74, 6) is 0.368. The van der Waals surface area contributed by atoms with Crippen LogP contribution in [0.4, 0.5) is 10.4 Å². The van der Waals surface area contributed by atoms with E-state index in [0.717, 1.165) is 31.7 Å². The van der Waals surface area contributed by atoms with Crippen molar-refractivity contribution < 1.29 is 13.5 Å². The molecule has 2 aromatic rings. The second-order valence-corrected chi connectivity index (χ2v) is 5.48. The van der Waals surface area contributed by atoms with E-state index in [1.165, 1.54) is 6.07 Å². The maximum atomic E-state index is 14.2. The highest BCUT2D eigenvalue weighted by atomic mass is 19.1. The lowest BCUT2D eigenvalue weighted by atomic mass is 10.1. The quantitative estimate of drug-likeness (QED) is 0.818. The zero-order valence-corrected chi connectivity index (χ0v) is 17.0. The SMILES string of the molecule is CC.CC.COc1cc(-c2nnc(N3CCN(C)CC3)o2)c(F)cc1C. The number of piperazine rings is 1. The molecule has 1 aliphatic heterocycles. The molecule has 6 nitrogen and oxygen atoms in total. The van der Waals surface area contributed by atoms with E-state index in [1.807, 2.05) is 32.6 Å². The lowest BCUT2D eigenvalue weighted by molar-refractivity contribution is 0.305. The molecule has 0 amide bonds. The third-order valence-electron chi connectivity index (χ3n) is 3.90. The van der Waals surface area contributed by atoms with E-state index in [-0.39, 0.29) is 11.5 Å². The van der Waals surface area contributed by atoms with Crippen molar-refractivity contribution in [1.29, 1.82) is 0 Å². The summed E-state index contributed by atoms with van der Waals surface area (Å²) in [6.45, 7) is 13.3. The van der Waals surface area contributed by atoms with E-state index in [1.54, 1.807) is 20.1 Å². The minimum atomic E-state index is -0.396. The molecule has 0 bridgehead atoms. The summed E-state index contributed by atoms with van der Waals surface area (Å²) in [5.41, 5.74) is 0.984. The van der Waals surface area contributed by atoms with Crippen LogP contribution >= 0.6 is 0 Å². The van der Waals surface area contributed by atoms with Gasteiger partial charge in [0.2, 0.25) is 0 Å². The summed E-state index contributed by atoms with van der Waals surface area (Å²) in [6, 6.07) is 3.43. The number of aryl methyl sites for hydroxylation is 1. The van der Waals surface area contributed by atoms with E-state index < -0.39 is 5.82 Å². The highest BCUT2D eigenvalue weighted by molar-refractivity contribution is 5.59. The first-order valence-corrected chi connectivity index (χ1v) is 9.20. The molecule has 2 heterocycles. The molecule has 0 spiro atoms. The van der Waals surface area contributed by atoms with Crippen LogP contribution in [0.15, 0.2) is 16.5 Å². The van der Waals surface area contributed by atoms with Gasteiger partial charge < -0.3 is 19.0 Å². The zero-order valence-electron chi connectivity index (χ0n) is 17.0. The number of hydrogen-bond donors (Lipinski definition) is 0. The van der Waals surface area contributed by atoms with Crippen LogP contribution < -0.4 is 9.64 Å². The number of rotatable bonds is 3. The fourth-order valence-corrected chi connectivity index (χ4v) is 2.49. The predicted octanol–water partition coefficient (Wildman–Crippen LogP) is 4.00. The van der Waals surface area contributed by atoms with Gasteiger partial charge in [-0.05, 0) is 31.7 Å². The first-order chi connectivity index (χ1) is 12.6. The van der Waals surface area contributed by atoms with Crippen molar-refractivity contribution in [2.24, 2.45) is 0 Å². The molecule has 0 aliphatic carbocycles. The van der Waals surface area contributed by atoms with Crippen LogP contribution in [-0.4, -0.2) is 55.4 Å². The minimum absolute atomic E-state index is 0.171. The minimum Gasteiger partial charge on any atom is -0.496 e. The van der Waals surface area contributed by atoms with E-state index in [9.17, 15) is 4.39 Å². The van der Waals surface area contributed by atoms with Crippen LogP contribution in [0.1, 0.15) is 33.3 Å². The maximum absolute atomic E-state index is 14.2. The van der Waals surface area contributed by atoms with Crippen molar-refractivity contribution in [2.75, 3.05) is 45.2 Å². The standard InChI is InChI=1S/C15H19FN4O2.2C2H6/c1-10-8-12(16)11(9-13(10)21-3)14-17-18-15(22-14)20-6-4-19(2)5-7-20;2*1-2/h8-9H,4-7H2,1-3H3;2*1-2H3. The molecule has 0 atom stereocenters. The summed E-state index contributed by atoms with van der Waals surface area (Å²) < 4.78 is 25.0. The number of aromatic nitrogens is 2. The molecule has 1 aliphatic rings. The van der Waals surface area contributed by atoms with Gasteiger partial charge in [0.05, 0.1) is 12.7 Å². The van der Waals surface area contributed by atoms with Gasteiger partial charge in [0.15, 0.2) is 0 Å². The van der Waals surface area contributed by atoms with Crippen molar-refractivity contribution in [2.45, 2.75) is 34.6 Å². The Labute approximate surface area is 156 Å². The molecule has 0 N–H and O–H groups in total. The van der Waals surface area contributed by atoms with Gasteiger partial charge in [-0.25, -0.2) is 4.39 Å². The average Bonchev–Trinajstić information content (AvgIpc) is 3.15. The van der Waals surface area contributed by atoms with Crippen LogP contribution in [0, 0.1) is 12.7 Å². The smallest absolute Gasteiger partial charge is 0.318 e. The van der Waals surface area contributed by atoms with E-state index >= 15 is 0 Å². The number of hydrogen-bond acceptors (Lipinski definition) is 6. The van der Waals surface area contributed by atoms with Gasteiger partial charge in [0, 0.05) is 26.2 Å². The van der Waals surface area contributed by atoms with Crippen LogP contribution in [0.2, 0.25) is 0 Å². The maximum Gasteiger partial charge on any atom is 0.318 e. The molecule has 146 valence electrons. The number of likely N-dealkylation sites (N-methyl/N-ethyl adjacent to an activating group) is 1. The molecule has 1 aromatic heterocycles. The highest BCUT2D eigenvalue weighted by Gasteiger charge is 2.21. The number of anilines is 1. The Morgan fingerprint density at radius 2 is 1.65 bits per heavy atom. The Balaban J connectivity index is 0.000000791. The molecular weight excluding hydrogens is 335 g/mol. The topological polar surface area (TPSA) is 54.6 Å². The Morgan fingerprint density at radius 3 is 2.23 bits per heavy atom. The number of halogens is 1. The molecule has 3 rings (SSSR count). The summed E-state index contributed by atoms with van der Waals surface area (Å²) >= 11 is 0. The summed E-state index contributed by atoms with van der Waals surface area (Å²) in [6.07, 6.45) is 0. The van der Waals surface area contributed by atoms with Crippen LogP contribution in [0.5, 0.6) is 5.75 Å². The number of benzene rings is 1. The molecule has 26 heavy (non-hydrogen) atoms. The van der Waals surface area contributed by atoms with Crippen LogP contribution in [-0.2, 0) is 0 Å². The van der Waals surface area contributed by atoms with Gasteiger partial charge in [-0.3, -0.25) is 0 Å². The monoisotopic (exact) mass is 366 g/mol. The van der Waals surface area contributed by atoms with Gasteiger partial charge >= 0.3 is 6.01 Å². The first-order valence-electron chi connectivity index (χ1n) is 9.20. The largest absolute Gasteiger partial charge is 0.496 e. The van der Waals surface area contributed by atoms with Crippen LogP contribution in [0.25, 0.3) is 11.5 Å². The molecule has 0 saturated carbocycles. The van der Waals surface area contributed by atoms with Crippen molar-refractivity contribution in [1.82, 2.24) is 15.1 Å². The van der Waals surface area contributed by atoms with Gasteiger partial charge in [-0.15, -0.1) is 5.10 Å². The molecule has 1 fully saturated rings. The number of nitrogens with zero attached hydrogens (tertiary/aromatic N) is 4. The summed E-state index contributed by atoms with van der Waals surface area (Å²) in [4.78, 5) is 4.25. The van der Waals surface area contributed by atoms with E-state index in [2.05, 4.69) is 22.1 Å². The average molecular weight is 366 g/mol. The van der Waals surface area contributed by atoms with Gasteiger partial charge in [0.1, 0.15) is 11.6 Å². The Bertz CT molecular complexity index is 668. The van der Waals surface area contributed by atoms with E-state index in [0.29, 0.717) is 11.8 Å². The molecule has 0 radical (unpaired) electrons. The zero-order chi connectivity index (χ0) is 19.7. The fraction of sp³-hybridized carbons (Fsp3) is 0.579. The van der Waals surface area contributed by atoms with Gasteiger partial charge in [-0.2, -0.15) is 0 Å². The Kier molecular flexibility index (Phi) is 9.05. The molecule has 1 saturated heterocycles. The fourth-order valence-electron chi connectivity index (χ4n) is 2.49. The summed E-state index contributed by atoms with van der Waals surface area (Å²) in [5, 5.41) is 8.02. The van der Waals surface area contributed by atoms with Gasteiger partial charge in [0.25, 0.3) is 5.89 Å². The van der Waals surface area contributed by atoms with Crippen molar-refractivity contribution in [3.05, 3.63) is 23.5 Å². The lowest BCUT2D eigenvalue weighted by Crippen LogP contribution is -2.44. The van der Waals surface area contributed by atoms with Crippen molar-refractivity contribution >= 4 is 6.01 Å². The normalized spacial score (nSPS) is 14.1. The number of ether oxygens (including phenoxy) is 1.